The summed E-state index contributed by atoms with van der Waals surface area (Å²) >= 11 is 0. The molecule has 12 aromatic rings. The molecule has 2 aliphatic carbocycles. The van der Waals surface area contributed by atoms with Crippen LogP contribution in [0, 0.1) is 0 Å². The van der Waals surface area contributed by atoms with Crippen LogP contribution in [0.25, 0.3) is 54.9 Å². The number of hydrogen-bond acceptors (Lipinski definition) is 2. The maximum absolute atomic E-state index is 2.52. The van der Waals surface area contributed by atoms with Crippen molar-refractivity contribution in [2.24, 2.45) is 0 Å². The molecular weight excluding hydrogens is 929 g/mol. The molecular formula is C75H58N2. The zero-order valence-corrected chi connectivity index (χ0v) is 43.1. The fourth-order valence-electron chi connectivity index (χ4n) is 13.1. The van der Waals surface area contributed by atoms with Gasteiger partial charge in [-0.1, -0.05) is 238 Å². The van der Waals surface area contributed by atoms with Crippen LogP contribution in [0.4, 0.5) is 34.1 Å². The van der Waals surface area contributed by atoms with Crippen molar-refractivity contribution >= 4 is 55.7 Å². The summed E-state index contributed by atoms with van der Waals surface area (Å²) in [7, 11) is 0. The number of benzene rings is 12. The van der Waals surface area contributed by atoms with Gasteiger partial charge in [0, 0.05) is 34.1 Å². The minimum Gasteiger partial charge on any atom is -0.310 e. The number of fused-ring (bicyclic) bond motifs is 5. The Bertz CT molecular complexity index is 4030. The first-order valence-corrected chi connectivity index (χ1v) is 27.5. The molecule has 0 aliphatic heterocycles. The van der Waals surface area contributed by atoms with Gasteiger partial charge in [-0.3, -0.25) is 0 Å². The smallest absolute Gasteiger partial charge is 0.0714 e. The second-order valence-electron chi connectivity index (χ2n) is 21.0. The molecule has 0 atom stereocenters. The molecule has 0 radical (unpaired) electrons. The summed E-state index contributed by atoms with van der Waals surface area (Å²) in [6, 6.07) is 107. The summed E-state index contributed by atoms with van der Waals surface area (Å²) in [5.74, 6) is 0.611. The lowest BCUT2D eigenvalue weighted by atomic mass is 9.67. The van der Waals surface area contributed by atoms with E-state index in [9.17, 15) is 0 Å². The summed E-state index contributed by atoms with van der Waals surface area (Å²) in [4.78, 5) is 4.98. The molecule has 12 aromatic carbocycles. The lowest BCUT2D eigenvalue weighted by molar-refractivity contribution is 0.443. The molecule has 0 heterocycles. The van der Waals surface area contributed by atoms with Crippen LogP contribution in [-0.4, -0.2) is 0 Å². The van der Waals surface area contributed by atoms with Crippen molar-refractivity contribution in [1.29, 1.82) is 0 Å². The molecule has 1 fully saturated rings. The molecule has 0 unspecified atom stereocenters. The van der Waals surface area contributed by atoms with Crippen LogP contribution in [0.3, 0.4) is 0 Å². The monoisotopic (exact) mass is 986 g/mol. The van der Waals surface area contributed by atoms with Crippen molar-refractivity contribution in [3.63, 3.8) is 0 Å². The van der Waals surface area contributed by atoms with E-state index in [1.807, 2.05) is 0 Å². The van der Waals surface area contributed by atoms with Gasteiger partial charge in [-0.25, -0.2) is 0 Å². The van der Waals surface area contributed by atoms with E-state index in [0.717, 1.165) is 39.7 Å². The third-order valence-corrected chi connectivity index (χ3v) is 16.7. The van der Waals surface area contributed by atoms with E-state index in [0.29, 0.717) is 5.92 Å². The SMILES string of the molecule is c1ccc(-c2c(-c3cc(N(c4ccccc4)c4ccc(C5CCCCC5)cc4)cc(N(c4ccc5c(c4)C(c4ccccc4)(c4ccccc4)c4ccccc4-5)c4ccc5ccccc5c4)c3)ccc3ccccc23)cc1. The average Bonchev–Trinajstić information content (AvgIpc) is 3.97. The summed E-state index contributed by atoms with van der Waals surface area (Å²) in [6.45, 7) is 0. The van der Waals surface area contributed by atoms with Gasteiger partial charge >= 0.3 is 0 Å². The fraction of sp³-hybridized carbons (Fsp3) is 0.0933. The molecule has 1 saturated carbocycles. The molecule has 0 amide bonds. The molecule has 368 valence electrons. The molecule has 2 nitrogen and oxygen atoms in total. The van der Waals surface area contributed by atoms with Crippen molar-refractivity contribution < 1.29 is 0 Å². The van der Waals surface area contributed by atoms with Crippen molar-refractivity contribution in [1.82, 2.24) is 0 Å². The maximum Gasteiger partial charge on any atom is 0.0714 e. The first-order chi connectivity index (χ1) is 38.2. The lowest BCUT2D eigenvalue weighted by Crippen LogP contribution is -2.28. The third kappa shape index (κ3) is 8.20. The van der Waals surface area contributed by atoms with Crippen LogP contribution in [0.5, 0.6) is 0 Å². The van der Waals surface area contributed by atoms with Gasteiger partial charge in [-0.15, -0.1) is 0 Å². The van der Waals surface area contributed by atoms with Crippen LogP contribution < -0.4 is 9.80 Å². The van der Waals surface area contributed by atoms with Crippen molar-refractivity contribution in [3.05, 3.63) is 313 Å². The summed E-state index contributed by atoms with van der Waals surface area (Å²) in [5.41, 5.74) is 19.7. The van der Waals surface area contributed by atoms with E-state index in [2.05, 4.69) is 295 Å². The Labute approximate surface area is 452 Å². The second kappa shape index (κ2) is 19.8. The van der Waals surface area contributed by atoms with Crippen LogP contribution in [0.2, 0.25) is 0 Å². The van der Waals surface area contributed by atoms with Crippen LogP contribution in [0.1, 0.15) is 65.8 Å². The lowest BCUT2D eigenvalue weighted by Gasteiger charge is -2.35. The molecule has 0 bridgehead atoms. The van der Waals surface area contributed by atoms with Gasteiger partial charge in [-0.2, -0.15) is 0 Å². The highest BCUT2D eigenvalue weighted by Crippen LogP contribution is 2.58. The second-order valence-corrected chi connectivity index (χ2v) is 21.0. The summed E-state index contributed by atoms with van der Waals surface area (Å²) in [5, 5.41) is 4.84. The van der Waals surface area contributed by atoms with E-state index < -0.39 is 5.41 Å². The van der Waals surface area contributed by atoms with Crippen LogP contribution >= 0.6 is 0 Å². The Morgan fingerprint density at radius 3 is 1.52 bits per heavy atom. The van der Waals surface area contributed by atoms with Gasteiger partial charge in [0.15, 0.2) is 0 Å². The number of anilines is 6. The molecule has 2 aliphatic rings. The molecule has 14 rings (SSSR count). The minimum atomic E-state index is -0.573. The van der Waals surface area contributed by atoms with Crippen LogP contribution in [-0.2, 0) is 5.41 Å². The Balaban J connectivity index is 1.06. The first-order valence-electron chi connectivity index (χ1n) is 27.5. The van der Waals surface area contributed by atoms with Gasteiger partial charge in [0.05, 0.1) is 5.41 Å². The predicted molar refractivity (Wildman–Crippen MR) is 325 cm³/mol. The predicted octanol–water partition coefficient (Wildman–Crippen LogP) is 20.7. The van der Waals surface area contributed by atoms with E-state index in [-0.39, 0.29) is 0 Å². The Kier molecular flexibility index (Phi) is 11.9. The molecule has 2 heteroatoms. The van der Waals surface area contributed by atoms with Gasteiger partial charge in [0.1, 0.15) is 0 Å². The molecule has 77 heavy (non-hydrogen) atoms. The van der Waals surface area contributed by atoms with E-state index in [1.54, 1.807) is 0 Å². The number of hydrogen-bond donors (Lipinski definition) is 0. The highest BCUT2D eigenvalue weighted by Gasteiger charge is 2.46. The molecule has 0 aromatic heterocycles. The Morgan fingerprint density at radius 2 is 0.805 bits per heavy atom. The number of nitrogens with zero attached hydrogens (tertiary/aromatic N) is 2. The van der Waals surface area contributed by atoms with E-state index >= 15 is 0 Å². The summed E-state index contributed by atoms with van der Waals surface area (Å²) in [6.07, 6.45) is 6.48. The highest BCUT2D eigenvalue weighted by molar-refractivity contribution is 6.05. The first kappa shape index (κ1) is 46.3. The Morgan fingerprint density at radius 1 is 0.299 bits per heavy atom. The zero-order chi connectivity index (χ0) is 51.1. The van der Waals surface area contributed by atoms with Crippen molar-refractivity contribution in [2.45, 2.75) is 43.4 Å². The Hall–Kier alpha value is -9.24. The van der Waals surface area contributed by atoms with Crippen LogP contribution in [0.15, 0.2) is 285 Å². The number of para-hydroxylation sites is 1. The van der Waals surface area contributed by atoms with Gasteiger partial charge < -0.3 is 9.80 Å². The van der Waals surface area contributed by atoms with Crippen molar-refractivity contribution in [2.75, 3.05) is 9.80 Å². The van der Waals surface area contributed by atoms with Crippen molar-refractivity contribution in [3.8, 4) is 33.4 Å². The molecule has 0 spiro atoms. The maximum atomic E-state index is 2.52. The highest BCUT2D eigenvalue weighted by atomic mass is 15.2. The standard InChI is InChI=1S/C75H58N2/c1-6-22-53(23-7-1)55-38-42-63(43-39-55)76(62-33-14-5-15-34-62)66-49-59(69-46-41-56-25-18-19-35-68(56)74(69)57-26-8-2-9-27-57)50-67(51-66)77(64-44-40-54-24-16-17-28-58(54)48-64)65-45-47-71-70-36-20-21-37-72(70)75(73(71)52-65,60-29-10-3-11-30-60)61-31-12-4-13-32-61/h2-5,8-21,24-53H,1,6-7,22-23H2. The average molecular weight is 987 g/mol. The normalized spacial score (nSPS) is 13.8. The molecule has 0 saturated heterocycles. The summed E-state index contributed by atoms with van der Waals surface area (Å²) < 4.78 is 0. The minimum absolute atomic E-state index is 0.573. The molecule has 0 N–H and O–H groups in total. The van der Waals surface area contributed by atoms with E-state index in [4.69, 9.17) is 0 Å². The quantitative estimate of drug-likeness (QED) is 0.127. The van der Waals surface area contributed by atoms with Gasteiger partial charge in [0.25, 0.3) is 0 Å². The number of rotatable bonds is 11. The fourth-order valence-corrected chi connectivity index (χ4v) is 13.1. The van der Waals surface area contributed by atoms with Gasteiger partial charge in [0.2, 0.25) is 0 Å². The zero-order valence-electron chi connectivity index (χ0n) is 43.1. The van der Waals surface area contributed by atoms with E-state index in [1.165, 1.54) is 109 Å². The topological polar surface area (TPSA) is 6.48 Å². The largest absolute Gasteiger partial charge is 0.310 e. The third-order valence-electron chi connectivity index (χ3n) is 16.7. The van der Waals surface area contributed by atoms with Gasteiger partial charge in [-0.05, 0) is 168 Å².